The maximum absolute atomic E-state index is 13.3. The standard InChI is InChI=1S/C26H31N3O2S/c1-19-7-9-21(10-8-19)11-14-28(16-13-27-18-30)22-12-15-29(17-22)26(31)25-20(2)23-5-3-4-6-24(23)32-25/h3-10,18,22H,11-17H2,1-2H3,(H,27,30). The Morgan fingerprint density at radius 3 is 2.69 bits per heavy atom. The van der Waals surface area contributed by atoms with Crippen molar-refractivity contribution in [3.63, 3.8) is 0 Å². The van der Waals surface area contributed by atoms with Gasteiger partial charge in [-0.3, -0.25) is 14.5 Å². The Bertz CT molecular complexity index is 1080. The van der Waals surface area contributed by atoms with E-state index in [-0.39, 0.29) is 5.91 Å². The van der Waals surface area contributed by atoms with E-state index >= 15 is 0 Å². The molecule has 1 unspecified atom stereocenters. The molecule has 1 aliphatic heterocycles. The number of aryl methyl sites for hydroxylation is 2. The smallest absolute Gasteiger partial charge is 0.264 e. The van der Waals surface area contributed by atoms with Gasteiger partial charge in [-0.1, -0.05) is 48.0 Å². The fraction of sp³-hybridized carbons (Fsp3) is 0.385. The number of fused-ring (bicyclic) bond motifs is 1. The lowest BCUT2D eigenvalue weighted by Crippen LogP contribution is -2.43. The zero-order valence-electron chi connectivity index (χ0n) is 18.8. The molecule has 6 heteroatoms. The lowest BCUT2D eigenvalue weighted by molar-refractivity contribution is -0.109. The van der Waals surface area contributed by atoms with Gasteiger partial charge < -0.3 is 10.2 Å². The molecule has 1 aliphatic rings. The van der Waals surface area contributed by atoms with Crippen LogP contribution in [0.3, 0.4) is 0 Å². The van der Waals surface area contributed by atoms with Crippen molar-refractivity contribution in [1.82, 2.24) is 15.1 Å². The van der Waals surface area contributed by atoms with Crippen LogP contribution < -0.4 is 5.32 Å². The third-order valence-corrected chi connectivity index (χ3v) is 7.70. The molecule has 3 aromatic rings. The van der Waals surface area contributed by atoms with Crippen molar-refractivity contribution in [2.24, 2.45) is 0 Å². The van der Waals surface area contributed by atoms with Crippen LogP contribution in [0.15, 0.2) is 48.5 Å². The number of hydrogen-bond donors (Lipinski definition) is 1. The molecule has 0 aliphatic carbocycles. The second-order valence-electron chi connectivity index (χ2n) is 8.59. The van der Waals surface area contributed by atoms with E-state index in [0.29, 0.717) is 12.6 Å². The van der Waals surface area contributed by atoms with Gasteiger partial charge in [0.1, 0.15) is 0 Å². The van der Waals surface area contributed by atoms with Crippen LogP contribution in [0, 0.1) is 13.8 Å². The van der Waals surface area contributed by atoms with Crippen LogP contribution in [0.25, 0.3) is 10.1 Å². The van der Waals surface area contributed by atoms with E-state index in [0.717, 1.165) is 55.9 Å². The Kier molecular flexibility index (Phi) is 7.22. The summed E-state index contributed by atoms with van der Waals surface area (Å²) < 4.78 is 1.17. The second-order valence-corrected chi connectivity index (χ2v) is 9.64. The first kappa shape index (κ1) is 22.5. The molecule has 1 N–H and O–H groups in total. The lowest BCUT2D eigenvalue weighted by atomic mass is 10.1. The highest BCUT2D eigenvalue weighted by Crippen LogP contribution is 2.32. The maximum atomic E-state index is 13.3. The van der Waals surface area contributed by atoms with Crippen molar-refractivity contribution in [2.45, 2.75) is 32.7 Å². The lowest BCUT2D eigenvalue weighted by Gasteiger charge is -2.29. The van der Waals surface area contributed by atoms with E-state index in [9.17, 15) is 9.59 Å². The molecular weight excluding hydrogens is 418 g/mol. The Labute approximate surface area is 194 Å². The van der Waals surface area contributed by atoms with Gasteiger partial charge in [-0.05, 0) is 49.3 Å². The SMILES string of the molecule is Cc1ccc(CCN(CCNC=O)C2CCN(C(=O)c3sc4ccccc4c3C)C2)cc1. The number of nitrogens with one attached hydrogen (secondary N) is 1. The predicted octanol–water partition coefficient (Wildman–Crippen LogP) is 4.02. The highest BCUT2D eigenvalue weighted by molar-refractivity contribution is 7.21. The number of carbonyl (C=O) groups is 2. The van der Waals surface area contributed by atoms with E-state index in [2.05, 4.69) is 60.5 Å². The molecule has 1 atom stereocenters. The van der Waals surface area contributed by atoms with Gasteiger partial charge in [0.05, 0.1) is 4.88 Å². The Morgan fingerprint density at radius 2 is 1.94 bits per heavy atom. The number of carbonyl (C=O) groups excluding carboxylic acids is 2. The van der Waals surface area contributed by atoms with E-state index in [1.807, 2.05) is 17.0 Å². The molecule has 4 rings (SSSR count). The summed E-state index contributed by atoms with van der Waals surface area (Å²) in [6.45, 7) is 8.00. The Balaban J connectivity index is 1.43. The minimum absolute atomic E-state index is 0.149. The Hall–Kier alpha value is -2.70. The first-order chi connectivity index (χ1) is 15.6. The zero-order chi connectivity index (χ0) is 22.5. The molecule has 0 bridgehead atoms. The van der Waals surface area contributed by atoms with Gasteiger partial charge in [0.15, 0.2) is 0 Å². The molecule has 1 saturated heterocycles. The van der Waals surface area contributed by atoms with E-state index in [1.165, 1.54) is 21.2 Å². The maximum Gasteiger partial charge on any atom is 0.264 e. The largest absolute Gasteiger partial charge is 0.357 e. The third kappa shape index (κ3) is 5.03. The first-order valence-corrected chi connectivity index (χ1v) is 12.1. The first-order valence-electron chi connectivity index (χ1n) is 11.3. The van der Waals surface area contributed by atoms with Crippen LogP contribution in [-0.2, 0) is 11.2 Å². The average molecular weight is 450 g/mol. The monoisotopic (exact) mass is 449 g/mol. The number of likely N-dealkylation sites (tertiary alicyclic amines) is 1. The van der Waals surface area contributed by atoms with Gasteiger partial charge in [-0.25, -0.2) is 0 Å². The van der Waals surface area contributed by atoms with Crippen molar-refractivity contribution in [1.29, 1.82) is 0 Å². The van der Waals surface area contributed by atoms with Gasteiger partial charge in [-0.15, -0.1) is 11.3 Å². The molecule has 168 valence electrons. The van der Waals surface area contributed by atoms with E-state index in [1.54, 1.807) is 11.3 Å². The second kappa shape index (κ2) is 10.3. The van der Waals surface area contributed by atoms with Gasteiger partial charge in [-0.2, -0.15) is 0 Å². The number of benzene rings is 2. The highest BCUT2D eigenvalue weighted by atomic mass is 32.1. The molecule has 5 nitrogen and oxygen atoms in total. The van der Waals surface area contributed by atoms with Crippen molar-refractivity contribution in [2.75, 3.05) is 32.7 Å². The van der Waals surface area contributed by atoms with Crippen LogP contribution in [0.2, 0.25) is 0 Å². The van der Waals surface area contributed by atoms with Crippen molar-refractivity contribution >= 4 is 33.7 Å². The fourth-order valence-electron chi connectivity index (χ4n) is 4.52. The van der Waals surface area contributed by atoms with Crippen LogP contribution in [-0.4, -0.2) is 60.9 Å². The van der Waals surface area contributed by atoms with Gasteiger partial charge in [0.25, 0.3) is 5.91 Å². The summed E-state index contributed by atoms with van der Waals surface area (Å²) in [5, 5.41) is 3.97. The third-order valence-electron chi connectivity index (χ3n) is 6.44. The van der Waals surface area contributed by atoms with Crippen LogP contribution in [0.4, 0.5) is 0 Å². The van der Waals surface area contributed by atoms with Gasteiger partial charge in [0, 0.05) is 43.5 Å². The molecule has 0 radical (unpaired) electrons. The summed E-state index contributed by atoms with van der Waals surface area (Å²) in [6, 6.07) is 17.2. The fourth-order valence-corrected chi connectivity index (χ4v) is 5.69. The molecule has 1 aromatic heterocycles. The highest BCUT2D eigenvalue weighted by Gasteiger charge is 2.32. The van der Waals surface area contributed by atoms with Gasteiger partial charge >= 0.3 is 0 Å². The minimum atomic E-state index is 0.149. The normalized spacial score (nSPS) is 16.1. The van der Waals surface area contributed by atoms with Crippen molar-refractivity contribution < 1.29 is 9.59 Å². The van der Waals surface area contributed by atoms with Gasteiger partial charge in [0.2, 0.25) is 6.41 Å². The summed E-state index contributed by atoms with van der Waals surface area (Å²) in [5.74, 6) is 0.149. The Morgan fingerprint density at radius 1 is 1.16 bits per heavy atom. The topological polar surface area (TPSA) is 52.7 Å². The number of nitrogens with zero attached hydrogens (tertiary/aromatic N) is 2. The molecule has 0 saturated carbocycles. The minimum Gasteiger partial charge on any atom is -0.357 e. The van der Waals surface area contributed by atoms with Crippen LogP contribution in [0.5, 0.6) is 0 Å². The average Bonchev–Trinajstić information content (AvgIpc) is 3.42. The van der Waals surface area contributed by atoms with Crippen molar-refractivity contribution in [3.8, 4) is 0 Å². The summed E-state index contributed by atoms with van der Waals surface area (Å²) in [6.07, 6.45) is 2.68. The van der Waals surface area contributed by atoms with Crippen LogP contribution >= 0.6 is 11.3 Å². The summed E-state index contributed by atoms with van der Waals surface area (Å²) in [7, 11) is 0. The molecule has 32 heavy (non-hydrogen) atoms. The molecule has 2 heterocycles. The van der Waals surface area contributed by atoms with E-state index < -0.39 is 0 Å². The molecule has 2 aromatic carbocycles. The quantitative estimate of drug-likeness (QED) is 0.397. The number of thiophene rings is 1. The molecule has 2 amide bonds. The summed E-state index contributed by atoms with van der Waals surface area (Å²) in [5.41, 5.74) is 3.67. The number of hydrogen-bond acceptors (Lipinski definition) is 4. The summed E-state index contributed by atoms with van der Waals surface area (Å²) in [4.78, 5) is 29.4. The predicted molar refractivity (Wildman–Crippen MR) is 131 cm³/mol. The molecule has 0 spiro atoms. The van der Waals surface area contributed by atoms with E-state index in [4.69, 9.17) is 0 Å². The molecular formula is C26H31N3O2S. The van der Waals surface area contributed by atoms with Crippen LogP contribution in [0.1, 0.15) is 32.8 Å². The zero-order valence-corrected chi connectivity index (χ0v) is 19.7. The number of rotatable bonds is 9. The summed E-state index contributed by atoms with van der Waals surface area (Å²) >= 11 is 1.60. The van der Waals surface area contributed by atoms with Crippen molar-refractivity contribution in [3.05, 3.63) is 70.1 Å². The number of amides is 2. The molecule has 1 fully saturated rings.